The lowest BCUT2D eigenvalue weighted by molar-refractivity contribution is -0.138. The molecule has 0 saturated carbocycles. The molecule has 0 spiro atoms. The van der Waals surface area contributed by atoms with Crippen LogP contribution in [0.25, 0.3) is 0 Å². The van der Waals surface area contributed by atoms with Crippen LogP contribution in [-0.4, -0.2) is 35.6 Å². The summed E-state index contributed by atoms with van der Waals surface area (Å²) in [6, 6.07) is 0. The third-order valence-corrected chi connectivity index (χ3v) is 1.56. The molecule has 0 bridgehead atoms. The fraction of sp³-hybridized carbons (Fsp3) is 0.500. The summed E-state index contributed by atoms with van der Waals surface area (Å²) in [5.74, 6) is -0.783. The molecular formula is C10H17NO2. The molecule has 0 saturated heterocycles. The topological polar surface area (TPSA) is 40.5 Å². The van der Waals surface area contributed by atoms with Gasteiger partial charge in [0.05, 0.1) is 6.54 Å². The number of carbonyl (C=O) groups is 1. The van der Waals surface area contributed by atoms with Gasteiger partial charge in [0, 0.05) is 13.1 Å². The lowest BCUT2D eigenvalue weighted by Crippen LogP contribution is -2.30. The van der Waals surface area contributed by atoms with Gasteiger partial charge in [-0.25, -0.2) is 0 Å². The highest BCUT2D eigenvalue weighted by Crippen LogP contribution is 1.90. The Balaban J connectivity index is 3.93. The van der Waals surface area contributed by atoms with Crippen LogP contribution in [0.3, 0.4) is 0 Å². The molecule has 3 nitrogen and oxygen atoms in total. The first-order valence-corrected chi connectivity index (χ1v) is 4.37. The minimum Gasteiger partial charge on any atom is -0.480 e. The number of hydrogen-bond donors (Lipinski definition) is 1. The van der Waals surface area contributed by atoms with Gasteiger partial charge in [-0.05, 0) is 13.8 Å². The molecule has 0 aliphatic carbocycles. The van der Waals surface area contributed by atoms with Crippen molar-refractivity contribution < 1.29 is 9.90 Å². The molecule has 13 heavy (non-hydrogen) atoms. The monoisotopic (exact) mass is 183 g/mol. The van der Waals surface area contributed by atoms with Crippen molar-refractivity contribution in [1.82, 2.24) is 4.90 Å². The summed E-state index contributed by atoms with van der Waals surface area (Å²) in [6.45, 7) is 5.32. The van der Waals surface area contributed by atoms with Gasteiger partial charge in [0.25, 0.3) is 0 Å². The van der Waals surface area contributed by atoms with Crippen molar-refractivity contribution in [3.8, 4) is 0 Å². The maximum atomic E-state index is 10.4. The second-order valence-electron chi connectivity index (χ2n) is 2.73. The molecule has 0 fully saturated rings. The van der Waals surface area contributed by atoms with E-state index in [0.717, 1.165) is 0 Å². The van der Waals surface area contributed by atoms with E-state index in [0.29, 0.717) is 13.1 Å². The predicted molar refractivity (Wildman–Crippen MR) is 53.7 cm³/mol. The second kappa shape index (κ2) is 7.55. The Morgan fingerprint density at radius 1 is 1.23 bits per heavy atom. The third-order valence-electron chi connectivity index (χ3n) is 1.56. The maximum Gasteiger partial charge on any atom is 0.317 e. The van der Waals surface area contributed by atoms with Gasteiger partial charge in [-0.15, -0.1) is 0 Å². The quantitative estimate of drug-likeness (QED) is 0.635. The van der Waals surface area contributed by atoms with Crippen molar-refractivity contribution in [1.29, 1.82) is 0 Å². The van der Waals surface area contributed by atoms with Crippen LogP contribution in [0.15, 0.2) is 24.3 Å². The van der Waals surface area contributed by atoms with Gasteiger partial charge in [0.2, 0.25) is 0 Å². The van der Waals surface area contributed by atoms with Crippen molar-refractivity contribution in [2.75, 3.05) is 19.6 Å². The number of carboxylic acid groups (broad SMARTS) is 1. The highest BCUT2D eigenvalue weighted by atomic mass is 16.4. The number of carboxylic acids is 1. The summed E-state index contributed by atoms with van der Waals surface area (Å²) in [6.07, 6.45) is 7.74. The summed E-state index contributed by atoms with van der Waals surface area (Å²) < 4.78 is 0. The summed E-state index contributed by atoms with van der Waals surface area (Å²) in [5, 5.41) is 8.59. The molecule has 0 aromatic rings. The van der Waals surface area contributed by atoms with Gasteiger partial charge >= 0.3 is 5.97 Å². The minimum absolute atomic E-state index is 0.0919. The summed E-state index contributed by atoms with van der Waals surface area (Å²) in [5.41, 5.74) is 0. The van der Waals surface area contributed by atoms with E-state index in [4.69, 9.17) is 5.11 Å². The van der Waals surface area contributed by atoms with Crippen LogP contribution >= 0.6 is 0 Å². The van der Waals surface area contributed by atoms with E-state index < -0.39 is 5.97 Å². The van der Waals surface area contributed by atoms with Crippen molar-refractivity contribution in [3.05, 3.63) is 24.3 Å². The first kappa shape index (κ1) is 11.9. The zero-order chi connectivity index (χ0) is 10.1. The molecule has 0 amide bonds. The number of hydrogen-bond acceptors (Lipinski definition) is 2. The van der Waals surface area contributed by atoms with Crippen molar-refractivity contribution in [2.24, 2.45) is 0 Å². The van der Waals surface area contributed by atoms with Gasteiger partial charge in [-0.1, -0.05) is 24.3 Å². The number of allylic oxidation sites excluding steroid dienone is 2. The van der Waals surface area contributed by atoms with Crippen LogP contribution < -0.4 is 0 Å². The Morgan fingerprint density at radius 2 is 1.69 bits per heavy atom. The molecular weight excluding hydrogens is 166 g/mol. The Labute approximate surface area is 79.4 Å². The van der Waals surface area contributed by atoms with Crippen LogP contribution in [0.4, 0.5) is 0 Å². The number of aliphatic carboxylic acids is 1. The van der Waals surface area contributed by atoms with E-state index in [-0.39, 0.29) is 6.54 Å². The van der Waals surface area contributed by atoms with Gasteiger partial charge in [-0.2, -0.15) is 0 Å². The van der Waals surface area contributed by atoms with Crippen LogP contribution in [0.5, 0.6) is 0 Å². The van der Waals surface area contributed by atoms with E-state index in [2.05, 4.69) is 0 Å². The molecule has 0 aromatic heterocycles. The van der Waals surface area contributed by atoms with E-state index in [1.54, 1.807) is 0 Å². The van der Waals surface area contributed by atoms with Crippen molar-refractivity contribution >= 4 is 5.97 Å². The van der Waals surface area contributed by atoms with Crippen LogP contribution in [-0.2, 0) is 4.79 Å². The fourth-order valence-electron chi connectivity index (χ4n) is 0.904. The van der Waals surface area contributed by atoms with Crippen LogP contribution in [0.2, 0.25) is 0 Å². The average Bonchev–Trinajstić information content (AvgIpc) is 2.09. The SMILES string of the molecule is CC=CCN(CC=CC)CC(=O)O. The number of rotatable bonds is 6. The van der Waals surface area contributed by atoms with E-state index in [1.165, 1.54) is 0 Å². The van der Waals surface area contributed by atoms with Gasteiger partial charge in [0.1, 0.15) is 0 Å². The molecule has 0 heterocycles. The van der Waals surface area contributed by atoms with Crippen LogP contribution in [0.1, 0.15) is 13.8 Å². The summed E-state index contributed by atoms with van der Waals surface area (Å²) in [4.78, 5) is 12.3. The lowest BCUT2D eigenvalue weighted by atomic mass is 10.4. The largest absolute Gasteiger partial charge is 0.480 e. The molecule has 3 heteroatoms. The molecule has 0 aliphatic rings. The Hall–Kier alpha value is -1.09. The third kappa shape index (κ3) is 7.28. The average molecular weight is 183 g/mol. The summed E-state index contributed by atoms with van der Waals surface area (Å²) in [7, 11) is 0. The molecule has 0 rings (SSSR count). The maximum absolute atomic E-state index is 10.4. The van der Waals surface area contributed by atoms with Crippen molar-refractivity contribution in [3.63, 3.8) is 0 Å². The normalized spacial score (nSPS) is 11.9. The molecule has 0 radical (unpaired) electrons. The zero-order valence-electron chi connectivity index (χ0n) is 8.23. The highest BCUT2D eigenvalue weighted by molar-refractivity contribution is 5.69. The molecule has 0 aromatic carbocycles. The predicted octanol–water partition coefficient (Wildman–Crippen LogP) is 1.53. The fourth-order valence-corrected chi connectivity index (χ4v) is 0.904. The second-order valence-corrected chi connectivity index (χ2v) is 2.73. The number of nitrogens with zero attached hydrogens (tertiary/aromatic N) is 1. The van der Waals surface area contributed by atoms with E-state index in [9.17, 15) is 4.79 Å². The standard InChI is InChI=1S/C10H17NO2/c1-3-5-7-11(8-6-4-2)9-10(12)13/h3-6H,7-9H2,1-2H3,(H,12,13). The Morgan fingerprint density at radius 3 is 2.00 bits per heavy atom. The molecule has 0 unspecified atom stereocenters. The molecule has 1 N–H and O–H groups in total. The lowest BCUT2D eigenvalue weighted by Gasteiger charge is -2.15. The molecule has 0 aliphatic heterocycles. The first-order valence-electron chi connectivity index (χ1n) is 4.37. The zero-order valence-corrected chi connectivity index (χ0v) is 8.23. The summed E-state index contributed by atoms with van der Waals surface area (Å²) >= 11 is 0. The van der Waals surface area contributed by atoms with E-state index >= 15 is 0 Å². The molecule has 0 atom stereocenters. The first-order chi connectivity index (χ1) is 6.20. The van der Waals surface area contributed by atoms with Crippen molar-refractivity contribution in [2.45, 2.75) is 13.8 Å². The van der Waals surface area contributed by atoms with Gasteiger partial charge in [0.15, 0.2) is 0 Å². The van der Waals surface area contributed by atoms with Gasteiger partial charge < -0.3 is 5.11 Å². The minimum atomic E-state index is -0.783. The Bertz CT molecular complexity index is 183. The highest BCUT2D eigenvalue weighted by Gasteiger charge is 2.04. The molecule has 74 valence electrons. The van der Waals surface area contributed by atoms with Crippen LogP contribution in [0, 0.1) is 0 Å². The smallest absolute Gasteiger partial charge is 0.317 e. The Kier molecular flexibility index (Phi) is 6.92. The van der Waals surface area contributed by atoms with E-state index in [1.807, 2.05) is 43.1 Å². The van der Waals surface area contributed by atoms with Gasteiger partial charge in [-0.3, -0.25) is 9.69 Å².